The van der Waals surface area contributed by atoms with E-state index in [0.717, 1.165) is 0 Å². The Balaban J connectivity index is 2.37. The molecule has 0 amide bonds. The van der Waals surface area contributed by atoms with Crippen molar-refractivity contribution in [1.82, 2.24) is 0 Å². The molecular formula is C14H7Cl2N3. The normalized spacial score (nSPS) is 9.47. The van der Waals surface area contributed by atoms with Gasteiger partial charge in [-0.2, -0.15) is 10.5 Å². The van der Waals surface area contributed by atoms with Gasteiger partial charge in [-0.25, -0.2) is 0 Å². The predicted octanol–water partition coefficient (Wildman–Crippen LogP) is 4.48. The van der Waals surface area contributed by atoms with Crippen molar-refractivity contribution in [1.29, 1.82) is 10.5 Å². The van der Waals surface area contributed by atoms with Crippen molar-refractivity contribution in [2.24, 2.45) is 0 Å². The van der Waals surface area contributed by atoms with Gasteiger partial charge in [-0.15, -0.1) is 0 Å². The largest absolute Gasteiger partial charge is 0.353 e. The molecule has 0 saturated carbocycles. The molecule has 0 fully saturated rings. The van der Waals surface area contributed by atoms with E-state index in [0.29, 0.717) is 32.5 Å². The Bertz CT molecular complexity index is 712. The average molecular weight is 288 g/mol. The summed E-state index contributed by atoms with van der Waals surface area (Å²) in [6.45, 7) is 0. The molecule has 5 heteroatoms. The Labute approximate surface area is 120 Å². The molecule has 0 aliphatic heterocycles. The minimum absolute atomic E-state index is 0.414. The van der Waals surface area contributed by atoms with E-state index >= 15 is 0 Å². The van der Waals surface area contributed by atoms with Crippen LogP contribution in [0.4, 0.5) is 11.4 Å². The molecule has 0 bridgehead atoms. The van der Waals surface area contributed by atoms with E-state index in [1.54, 1.807) is 36.4 Å². The van der Waals surface area contributed by atoms with E-state index < -0.39 is 0 Å². The van der Waals surface area contributed by atoms with Gasteiger partial charge in [0, 0.05) is 0 Å². The highest BCUT2D eigenvalue weighted by atomic mass is 35.5. The highest BCUT2D eigenvalue weighted by Gasteiger charge is 2.06. The molecule has 0 radical (unpaired) electrons. The van der Waals surface area contributed by atoms with E-state index in [1.807, 2.05) is 12.1 Å². The molecule has 2 rings (SSSR count). The Kier molecular flexibility index (Phi) is 3.92. The van der Waals surface area contributed by atoms with Crippen LogP contribution in [0, 0.1) is 22.7 Å². The molecular weight excluding hydrogens is 281 g/mol. The fraction of sp³-hybridized carbons (Fsp3) is 0. The zero-order valence-corrected chi connectivity index (χ0v) is 11.1. The van der Waals surface area contributed by atoms with Gasteiger partial charge in [0.2, 0.25) is 0 Å². The van der Waals surface area contributed by atoms with Crippen molar-refractivity contribution in [2.75, 3.05) is 5.32 Å². The summed E-state index contributed by atoms with van der Waals surface area (Å²) in [5.74, 6) is 0. The van der Waals surface area contributed by atoms with Crippen molar-refractivity contribution in [3.63, 3.8) is 0 Å². The molecule has 0 saturated heterocycles. The molecule has 0 aromatic heterocycles. The van der Waals surface area contributed by atoms with Crippen LogP contribution in [0.3, 0.4) is 0 Å². The molecule has 0 aliphatic rings. The fourth-order valence-corrected chi connectivity index (χ4v) is 1.91. The number of rotatable bonds is 2. The summed E-state index contributed by atoms with van der Waals surface area (Å²) >= 11 is 12.1. The average Bonchev–Trinajstić information content (AvgIpc) is 2.43. The predicted molar refractivity (Wildman–Crippen MR) is 75.6 cm³/mol. The zero-order valence-electron chi connectivity index (χ0n) is 9.61. The molecule has 0 unspecified atom stereocenters. The molecule has 0 heterocycles. The number of nitrogens with zero attached hydrogens (tertiary/aromatic N) is 2. The van der Waals surface area contributed by atoms with E-state index in [1.165, 1.54) is 0 Å². The molecule has 0 atom stereocenters. The summed E-state index contributed by atoms with van der Waals surface area (Å²) in [7, 11) is 0. The first-order chi connectivity index (χ1) is 9.13. The lowest BCUT2D eigenvalue weighted by atomic mass is 10.2. The van der Waals surface area contributed by atoms with Gasteiger partial charge in [0.05, 0.1) is 44.7 Å². The van der Waals surface area contributed by atoms with Gasteiger partial charge in [-0.3, -0.25) is 0 Å². The number of anilines is 2. The molecule has 19 heavy (non-hydrogen) atoms. The Morgan fingerprint density at radius 1 is 0.789 bits per heavy atom. The molecule has 2 aromatic rings. The number of nitriles is 2. The Hall–Kier alpha value is -2.20. The van der Waals surface area contributed by atoms with Crippen molar-refractivity contribution in [2.45, 2.75) is 0 Å². The van der Waals surface area contributed by atoms with Crippen LogP contribution in [0.5, 0.6) is 0 Å². The summed E-state index contributed by atoms with van der Waals surface area (Å²) in [4.78, 5) is 0. The van der Waals surface area contributed by atoms with Gasteiger partial charge < -0.3 is 5.32 Å². The lowest BCUT2D eigenvalue weighted by Crippen LogP contribution is -1.93. The molecule has 1 N–H and O–H groups in total. The Morgan fingerprint density at radius 3 is 2.05 bits per heavy atom. The van der Waals surface area contributed by atoms with Gasteiger partial charge in [-0.1, -0.05) is 23.2 Å². The molecule has 0 aliphatic carbocycles. The number of halogens is 2. The minimum Gasteiger partial charge on any atom is -0.353 e. The zero-order chi connectivity index (χ0) is 13.8. The summed E-state index contributed by atoms with van der Waals surface area (Å²) in [6, 6.07) is 13.9. The van der Waals surface area contributed by atoms with Crippen LogP contribution in [0.15, 0.2) is 36.4 Å². The second-order valence-corrected chi connectivity index (χ2v) is 4.55. The van der Waals surface area contributed by atoms with Crippen molar-refractivity contribution >= 4 is 34.6 Å². The second-order valence-electron chi connectivity index (χ2n) is 3.74. The maximum Gasteiger partial charge on any atom is 0.0992 e. The van der Waals surface area contributed by atoms with E-state index in [9.17, 15) is 0 Å². The highest BCUT2D eigenvalue weighted by Crippen LogP contribution is 2.30. The van der Waals surface area contributed by atoms with Crippen molar-refractivity contribution in [3.8, 4) is 12.1 Å². The van der Waals surface area contributed by atoms with Crippen LogP contribution in [0.2, 0.25) is 10.0 Å². The van der Waals surface area contributed by atoms with E-state index in [4.69, 9.17) is 33.7 Å². The molecule has 92 valence electrons. The third kappa shape index (κ3) is 2.98. The quantitative estimate of drug-likeness (QED) is 0.886. The van der Waals surface area contributed by atoms with Gasteiger partial charge in [0.15, 0.2) is 0 Å². The van der Waals surface area contributed by atoms with Crippen LogP contribution in [0.1, 0.15) is 11.1 Å². The lowest BCUT2D eigenvalue weighted by Gasteiger charge is -2.10. The number of hydrogen-bond acceptors (Lipinski definition) is 3. The maximum absolute atomic E-state index is 8.86. The maximum atomic E-state index is 8.86. The molecule has 3 nitrogen and oxygen atoms in total. The first-order valence-electron chi connectivity index (χ1n) is 5.30. The van der Waals surface area contributed by atoms with Crippen LogP contribution >= 0.6 is 23.2 Å². The van der Waals surface area contributed by atoms with Gasteiger partial charge in [-0.05, 0) is 36.4 Å². The first kappa shape index (κ1) is 13.2. The summed E-state index contributed by atoms with van der Waals surface area (Å²) in [5, 5.41) is 21.6. The van der Waals surface area contributed by atoms with Crippen LogP contribution in [-0.2, 0) is 0 Å². The summed E-state index contributed by atoms with van der Waals surface area (Å²) < 4.78 is 0. The monoisotopic (exact) mass is 287 g/mol. The number of benzene rings is 2. The van der Waals surface area contributed by atoms with E-state index in [-0.39, 0.29) is 0 Å². The SMILES string of the molecule is N#Cc1ccc(Nc2cc(C#N)ccc2Cl)c(Cl)c1. The first-order valence-corrected chi connectivity index (χ1v) is 6.06. The van der Waals surface area contributed by atoms with Crippen molar-refractivity contribution < 1.29 is 0 Å². The van der Waals surface area contributed by atoms with Gasteiger partial charge >= 0.3 is 0 Å². The van der Waals surface area contributed by atoms with Crippen LogP contribution < -0.4 is 5.32 Å². The van der Waals surface area contributed by atoms with Gasteiger partial charge in [0.25, 0.3) is 0 Å². The van der Waals surface area contributed by atoms with Crippen LogP contribution in [-0.4, -0.2) is 0 Å². The van der Waals surface area contributed by atoms with Gasteiger partial charge in [0.1, 0.15) is 0 Å². The fourth-order valence-electron chi connectivity index (χ4n) is 1.52. The van der Waals surface area contributed by atoms with Crippen molar-refractivity contribution in [3.05, 3.63) is 57.6 Å². The molecule has 2 aromatic carbocycles. The number of hydrogen-bond donors (Lipinski definition) is 1. The Morgan fingerprint density at radius 2 is 1.42 bits per heavy atom. The molecule has 0 spiro atoms. The third-order valence-corrected chi connectivity index (χ3v) is 3.11. The number of nitrogens with one attached hydrogen (secondary N) is 1. The topological polar surface area (TPSA) is 59.6 Å². The highest BCUT2D eigenvalue weighted by molar-refractivity contribution is 6.34. The standard InChI is InChI=1S/C14H7Cl2N3/c15-11-3-1-10(8-18)6-14(11)19-13-4-2-9(7-17)5-12(13)16/h1-6,19H. The second kappa shape index (κ2) is 5.63. The minimum atomic E-state index is 0.414. The lowest BCUT2D eigenvalue weighted by molar-refractivity contribution is 1.46. The smallest absolute Gasteiger partial charge is 0.0992 e. The summed E-state index contributed by atoms with van der Waals surface area (Å²) in [6.07, 6.45) is 0. The van der Waals surface area contributed by atoms with E-state index in [2.05, 4.69) is 5.32 Å². The summed E-state index contributed by atoms with van der Waals surface area (Å²) in [5.41, 5.74) is 2.19. The van der Waals surface area contributed by atoms with Crippen LogP contribution in [0.25, 0.3) is 0 Å². The third-order valence-electron chi connectivity index (χ3n) is 2.46.